The Morgan fingerprint density at radius 3 is 2.71 bits per heavy atom. The zero-order valence-electron chi connectivity index (χ0n) is 8.65. The lowest BCUT2D eigenvalue weighted by Gasteiger charge is -2.05. The van der Waals surface area contributed by atoms with E-state index in [-0.39, 0.29) is 10.6 Å². The van der Waals surface area contributed by atoms with Gasteiger partial charge in [-0.15, -0.1) is 0 Å². The number of hydrogen-bond acceptors (Lipinski definition) is 3. The number of pyridine rings is 1. The molecule has 1 aromatic heterocycles. The van der Waals surface area contributed by atoms with Crippen molar-refractivity contribution in [2.24, 2.45) is 0 Å². The average molecular weight is 251 g/mol. The van der Waals surface area contributed by atoms with Gasteiger partial charge >= 0.3 is 0 Å². The lowest BCUT2D eigenvalue weighted by Crippen LogP contribution is -1.93. The van der Waals surface area contributed by atoms with Gasteiger partial charge in [-0.25, -0.2) is 4.39 Å². The van der Waals surface area contributed by atoms with Crippen LogP contribution in [-0.2, 0) is 0 Å². The summed E-state index contributed by atoms with van der Waals surface area (Å²) in [5.74, 6) is -0.577. The van der Waals surface area contributed by atoms with Gasteiger partial charge < -0.3 is 5.73 Å². The van der Waals surface area contributed by atoms with Gasteiger partial charge in [0.1, 0.15) is 0 Å². The zero-order chi connectivity index (χ0) is 12.4. The number of nitrogens with two attached hydrogens (primary N) is 1. The number of rotatable bonds is 2. The van der Waals surface area contributed by atoms with Crippen LogP contribution in [0.4, 0.5) is 10.1 Å². The Morgan fingerprint density at radius 2 is 2.12 bits per heavy atom. The lowest BCUT2D eigenvalue weighted by molar-refractivity contribution is 0.112. The van der Waals surface area contributed by atoms with E-state index in [2.05, 4.69) is 4.98 Å². The predicted octanol–water partition coefficient (Wildman–Crippen LogP) is 2.94. The van der Waals surface area contributed by atoms with Crippen LogP contribution in [0.5, 0.6) is 0 Å². The summed E-state index contributed by atoms with van der Waals surface area (Å²) in [5, 5.41) is -0.0544. The van der Waals surface area contributed by atoms with Gasteiger partial charge in [-0.2, -0.15) is 0 Å². The first kappa shape index (κ1) is 11.5. The number of hydrogen-bond donors (Lipinski definition) is 1. The molecule has 1 heterocycles. The minimum absolute atomic E-state index is 0.0544. The highest BCUT2D eigenvalue weighted by molar-refractivity contribution is 6.31. The highest BCUT2D eigenvalue weighted by atomic mass is 35.5. The summed E-state index contributed by atoms with van der Waals surface area (Å²) in [6.45, 7) is 0. The summed E-state index contributed by atoms with van der Waals surface area (Å²) in [5.41, 5.74) is 6.95. The number of nitrogens with zero attached hydrogens (tertiary/aromatic N) is 1. The van der Waals surface area contributed by atoms with Crippen LogP contribution < -0.4 is 5.73 Å². The predicted molar refractivity (Wildman–Crippen MR) is 64.4 cm³/mol. The van der Waals surface area contributed by atoms with E-state index in [0.29, 0.717) is 23.2 Å². The number of carbonyl (C=O) groups excluding carboxylic acids is 1. The second-order valence-electron chi connectivity index (χ2n) is 3.46. The van der Waals surface area contributed by atoms with Crippen LogP contribution in [0.2, 0.25) is 5.02 Å². The number of aldehydes is 1. The van der Waals surface area contributed by atoms with Crippen molar-refractivity contribution in [3.8, 4) is 11.3 Å². The Kier molecular flexibility index (Phi) is 3.06. The van der Waals surface area contributed by atoms with Gasteiger partial charge in [0.25, 0.3) is 0 Å². The van der Waals surface area contributed by atoms with Crippen molar-refractivity contribution in [1.82, 2.24) is 4.98 Å². The van der Waals surface area contributed by atoms with Crippen molar-refractivity contribution in [2.45, 2.75) is 0 Å². The first-order chi connectivity index (χ1) is 8.11. The molecule has 86 valence electrons. The molecule has 0 aliphatic carbocycles. The highest BCUT2D eigenvalue weighted by Crippen LogP contribution is 2.29. The maximum absolute atomic E-state index is 13.8. The normalized spacial score (nSPS) is 10.2. The van der Waals surface area contributed by atoms with Gasteiger partial charge in [0.2, 0.25) is 0 Å². The van der Waals surface area contributed by atoms with Gasteiger partial charge in [-0.3, -0.25) is 9.78 Å². The Bertz CT molecular complexity index is 569. The van der Waals surface area contributed by atoms with Crippen molar-refractivity contribution in [3.05, 3.63) is 46.9 Å². The van der Waals surface area contributed by atoms with E-state index in [0.717, 1.165) is 0 Å². The molecule has 0 spiro atoms. The van der Waals surface area contributed by atoms with Crippen LogP contribution >= 0.6 is 11.6 Å². The second kappa shape index (κ2) is 4.51. The van der Waals surface area contributed by atoms with Crippen LogP contribution in [0.25, 0.3) is 11.3 Å². The molecule has 0 radical (unpaired) electrons. The van der Waals surface area contributed by atoms with Gasteiger partial charge in [0, 0.05) is 23.0 Å². The summed E-state index contributed by atoms with van der Waals surface area (Å²) < 4.78 is 13.8. The zero-order valence-corrected chi connectivity index (χ0v) is 9.41. The van der Waals surface area contributed by atoms with E-state index in [9.17, 15) is 9.18 Å². The Labute approximate surface area is 102 Å². The quantitative estimate of drug-likeness (QED) is 0.659. The van der Waals surface area contributed by atoms with Crippen LogP contribution in [-0.4, -0.2) is 11.3 Å². The molecule has 0 aliphatic heterocycles. The summed E-state index contributed by atoms with van der Waals surface area (Å²) >= 11 is 5.69. The van der Waals surface area contributed by atoms with E-state index in [1.54, 1.807) is 6.07 Å². The lowest BCUT2D eigenvalue weighted by atomic mass is 10.1. The average Bonchev–Trinajstić information content (AvgIpc) is 2.34. The molecule has 0 fully saturated rings. The number of anilines is 1. The SMILES string of the molecule is Nc1cc(Cl)c(F)c(-c2ccc(C=O)cn2)c1. The van der Waals surface area contributed by atoms with Crippen LogP contribution in [0.15, 0.2) is 30.5 Å². The molecule has 2 aromatic rings. The number of benzene rings is 1. The largest absolute Gasteiger partial charge is 0.399 e. The molecule has 1 aromatic carbocycles. The number of aromatic nitrogens is 1. The third-order valence-electron chi connectivity index (χ3n) is 2.25. The molecule has 17 heavy (non-hydrogen) atoms. The van der Waals surface area contributed by atoms with Crippen LogP contribution in [0.3, 0.4) is 0 Å². The molecule has 2 N–H and O–H groups in total. The molecule has 0 aliphatic rings. The maximum atomic E-state index is 13.8. The van der Waals surface area contributed by atoms with E-state index < -0.39 is 5.82 Å². The first-order valence-electron chi connectivity index (χ1n) is 4.78. The monoisotopic (exact) mass is 250 g/mol. The van der Waals surface area contributed by atoms with E-state index in [1.165, 1.54) is 24.4 Å². The van der Waals surface area contributed by atoms with Gasteiger partial charge in [-0.1, -0.05) is 11.6 Å². The highest BCUT2D eigenvalue weighted by Gasteiger charge is 2.11. The number of carbonyl (C=O) groups is 1. The topological polar surface area (TPSA) is 56.0 Å². The molecule has 0 atom stereocenters. The molecular weight excluding hydrogens is 243 g/mol. The fraction of sp³-hybridized carbons (Fsp3) is 0. The fourth-order valence-corrected chi connectivity index (χ4v) is 1.66. The number of nitrogen functional groups attached to an aromatic ring is 1. The maximum Gasteiger partial charge on any atom is 0.151 e. The molecule has 0 bridgehead atoms. The number of halogens is 2. The summed E-state index contributed by atoms with van der Waals surface area (Å²) in [6, 6.07) is 5.87. The molecule has 2 rings (SSSR count). The fourth-order valence-electron chi connectivity index (χ4n) is 1.43. The minimum atomic E-state index is -0.577. The minimum Gasteiger partial charge on any atom is -0.399 e. The van der Waals surface area contributed by atoms with Crippen molar-refractivity contribution in [2.75, 3.05) is 5.73 Å². The third kappa shape index (κ3) is 2.26. The van der Waals surface area contributed by atoms with E-state index >= 15 is 0 Å². The first-order valence-corrected chi connectivity index (χ1v) is 5.15. The third-order valence-corrected chi connectivity index (χ3v) is 2.52. The van der Waals surface area contributed by atoms with E-state index in [4.69, 9.17) is 17.3 Å². The molecule has 0 amide bonds. The Morgan fingerprint density at radius 1 is 1.35 bits per heavy atom. The molecule has 0 unspecified atom stereocenters. The summed E-state index contributed by atoms with van der Waals surface area (Å²) in [7, 11) is 0. The van der Waals surface area contributed by atoms with Crippen molar-refractivity contribution in [1.29, 1.82) is 0 Å². The summed E-state index contributed by atoms with van der Waals surface area (Å²) in [4.78, 5) is 14.5. The Balaban J connectivity index is 2.55. The molecule has 0 saturated carbocycles. The van der Waals surface area contributed by atoms with Crippen LogP contribution in [0.1, 0.15) is 10.4 Å². The molecule has 3 nitrogen and oxygen atoms in total. The standard InChI is InChI=1S/C12H8ClFN2O/c13-10-4-8(15)3-9(12(10)14)11-2-1-7(6-17)5-16-11/h1-6H,15H2. The van der Waals surface area contributed by atoms with Gasteiger partial charge in [-0.05, 0) is 24.3 Å². The van der Waals surface area contributed by atoms with E-state index in [1.807, 2.05) is 0 Å². The molecule has 5 heteroatoms. The van der Waals surface area contributed by atoms with Crippen molar-refractivity contribution >= 4 is 23.6 Å². The summed E-state index contributed by atoms with van der Waals surface area (Å²) in [6.07, 6.45) is 2.03. The second-order valence-corrected chi connectivity index (χ2v) is 3.87. The molecule has 0 saturated heterocycles. The van der Waals surface area contributed by atoms with Crippen LogP contribution in [0, 0.1) is 5.82 Å². The smallest absolute Gasteiger partial charge is 0.151 e. The Hall–Kier alpha value is -1.94. The van der Waals surface area contributed by atoms with Gasteiger partial charge in [0.15, 0.2) is 12.1 Å². The van der Waals surface area contributed by atoms with Crippen molar-refractivity contribution in [3.63, 3.8) is 0 Å². The van der Waals surface area contributed by atoms with Crippen molar-refractivity contribution < 1.29 is 9.18 Å². The molecular formula is C12H8ClFN2O. The van der Waals surface area contributed by atoms with Gasteiger partial charge in [0.05, 0.1) is 10.7 Å².